The standard InChI is InChI=1S/C12H19N9/c1-12(2)5-3-4-8(12)16-9-17-10(20-13)19-11(18-9)21-7-14-6-15-21/h6-8H,3-5,13H2,1-2H3,(H2,16,17,18,19,20). The molecule has 0 spiro atoms. The van der Waals surface area contributed by atoms with Gasteiger partial charge in [0.25, 0.3) is 5.95 Å². The maximum Gasteiger partial charge on any atom is 0.258 e. The maximum absolute atomic E-state index is 5.43. The molecule has 1 aliphatic carbocycles. The fourth-order valence-corrected chi connectivity index (χ4v) is 2.66. The lowest BCUT2D eigenvalue weighted by atomic mass is 9.87. The number of nitrogen functional groups attached to an aromatic ring is 1. The summed E-state index contributed by atoms with van der Waals surface area (Å²) in [7, 11) is 0. The molecule has 9 heteroatoms. The van der Waals surface area contributed by atoms with Gasteiger partial charge in [0.05, 0.1) is 0 Å². The summed E-state index contributed by atoms with van der Waals surface area (Å²) >= 11 is 0. The first-order chi connectivity index (χ1) is 10.1. The number of aromatic nitrogens is 6. The summed E-state index contributed by atoms with van der Waals surface area (Å²) in [5, 5.41) is 7.41. The van der Waals surface area contributed by atoms with Crippen molar-refractivity contribution in [2.24, 2.45) is 11.3 Å². The van der Waals surface area contributed by atoms with Crippen molar-refractivity contribution in [3.63, 3.8) is 0 Å². The Bertz CT molecular complexity index is 607. The molecule has 9 nitrogen and oxygen atoms in total. The van der Waals surface area contributed by atoms with Crippen molar-refractivity contribution < 1.29 is 0 Å². The SMILES string of the molecule is CC1(C)CCCC1Nc1nc(NN)nc(-n2cncn2)n1. The van der Waals surface area contributed by atoms with Crippen LogP contribution in [0.25, 0.3) is 5.95 Å². The summed E-state index contributed by atoms with van der Waals surface area (Å²) < 4.78 is 1.47. The van der Waals surface area contributed by atoms with E-state index in [0.29, 0.717) is 17.9 Å². The normalized spacial score (nSPS) is 20.4. The van der Waals surface area contributed by atoms with Crippen molar-refractivity contribution in [1.82, 2.24) is 29.7 Å². The Kier molecular flexibility index (Phi) is 3.42. The van der Waals surface area contributed by atoms with Gasteiger partial charge in [0.15, 0.2) is 0 Å². The molecule has 2 aromatic rings. The fraction of sp³-hybridized carbons (Fsp3) is 0.583. The average Bonchev–Trinajstić information content (AvgIpc) is 3.09. The van der Waals surface area contributed by atoms with E-state index in [1.807, 2.05) is 0 Å². The number of anilines is 2. The van der Waals surface area contributed by atoms with Gasteiger partial charge in [-0.2, -0.15) is 24.7 Å². The van der Waals surface area contributed by atoms with Gasteiger partial charge in [-0.3, -0.25) is 5.43 Å². The maximum atomic E-state index is 5.43. The lowest BCUT2D eigenvalue weighted by Gasteiger charge is -2.27. The number of rotatable bonds is 4. The van der Waals surface area contributed by atoms with E-state index in [9.17, 15) is 0 Å². The number of nitrogens with zero attached hydrogens (tertiary/aromatic N) is 6. The molecule has 1 atom stereocenters. The van der Waals surface area contributed by atoms with Crippen LogP contribution in [0.15, 0.2) is 12.7 Å². The minimum Gasteiger partial charge on any atom is -0.351 e. The summed E-state index contributed by atoms with van der Waals surface area (Å²) in [6, 6.07) is 0.328. The zero-order chi connectivity index (χ0) is 14.9. The third kappa shape index (κ3) is 2.77. The van der Waals surface area contributed by atoms with Crippen molar-refractivity contribution in [2.45, 2.75) is 39.2 Å². The Hall–Kier alpha value is -2.29. The number of nitrogens with two attached hydrogens (primary N) is 1. The molecule has 4 N–H and O–H groups in total. The Labute approximate surface area is 122 Å². The van der Waals surface area contributed by atoms with E-state index >= 15 is 0 Å². The van der Waals surface area contributed by atoms with Gasteiger partial charge in [-0.05, 0) is 18.3 Å². The van der Waals surface area contributed by atoms with Crippen LogP contribution in [0, 0.1) is 5.41 Å². The Morgan fingerprint density at radius 1 is 1.29 bits per heavy atom. The van der Waals surface area contributed by atoms with E-state index in [0.717, 1.165) is 6.42 Å². The highest BCUT2D eigenvalue weighted by Crippen LogP contribution is 2.38. The van der Waals surface area contributed by atoms with Crippen LogP contribution in [0.5, 0.6) is 0 Å². The largest absolute Gasteiger partial charge is 0.351 e. The van der Waals surface area contributed by atoms with Crippen molar-refractivity contribution >= 4 is 11.9 Å². The fourth-order valence-electron chi connectivity index (χ4n) is 2.66. The lowest BCUT2D eigenvalue weighted by Crippen LogP contribution is -2.32. The van der Waals surface area contributed by atoms with Gasteiger partial charge in [0.2, 0.25) is 11.9 Å². The number of hydrogen-bond acceptors (Lipinski definition) is 8. The van der Waals surface area contributed by atoms with Crippen LogP contribution in [-0.4, -0.2) is 35.8 Å². The molecule has 2 aromatic heterocycles. The monoisotopic (exact) mass is 289 g/mol. The molecular formula is C12H19N9. The quantitative estimate of drug-likeness (QED) is 0.556. The summed E-state index contributed by atoms with van der Waals surface area (Å²) in [5.41, 5.74) is 2.67. The smallest absolute Gasteiger partial charge is 0.258 e. The molecule has 0 aliphatic heterocycles. The second-order valence-electron chi connectivity index (χ2n) is 5.84. The molecule has 0 amide bonds. The first kappa shape index (κ1) is 13.7. The lowest BCUT2D eigenvalue weighted by molar-refractivity contribution is 0.348. The summed E-state index contributed by atoms with van der Waals surface area (Å²) in [6.07, 6.45) is 6.44. The van der Waals surface area contributed by atoms with E-state index in [-0.39, 0.29) is 11.4 Å². The average molecular weight is 289 g/mol. The zero-order valence-electron chi connectivity index (χ0n) is 12.1. The molecule has 21 heavy (non-hydrogen) atoms. The summed E-state index contributed by atoms with van der Waals surface area (Å²) in [5.74, 6) is 6.57. The van der Waals surface area contributed by atoms with Gasteiger partial charge in [0.1, 0.15) is 12.7 Å². The van der Waals surface area contributed by atoms with Gasteiger partial charge in [-0.1, -0.05) is 20.3 Å². The Balaban J connectivity index is 1.90. The predicted octanol–water partition coefficient (Wildman–Crippen LogP) is 0.728. The second kappa shape index (κ2) is 5.24. The number of hydrazine groups is 1. The van der Waals surface area contributed by atoms with Gasteiger partial charge < -0.3 is 5.32 Å². The highest BCUT2D eigenvalue weighted by Gasteiger charge is 2.35. The van der Waals surface area contributed by atoms with Crippen LogP contribution >= 0.6 is 0 Å². The summed E-state index contributed by atoms with van der Waals surface area (Å²) in [6.45, 7) is 4.50. The van der Waals surface area contributed by atoms with Gasteiger partial charge in [-0.15, -0.1) is 0 Å². The van der Waals surface area contributed by atoms with Crippen molar-refractivity contribution in [1.29, 1.82) is 0 Å². The molecule has 2 heterocycles. The van der Waals surface area contributed by atoms with E-state index in [1.54, 1.807) is 0 Å². The molecule has 0 aromatic carbocycles. The van der Waals surface area contributed by atoms with Crippen molar-refractivity contribution in [3.05, 3.63) is 12.7 Å². The Morgan fingerprint density at radius 3 is 2.71 bits per heavy atom. The Morgan fingerprint density at radius 2 is 2.10 bits per heavy atom. The highest BCUT2D eigenvalue weighted by atomic mass is 15.4. The van der Waals surface area contributed by atoms with Crippen LogP contribution in [0.4, 0.5) is 11.9 Å². The number of hydrogen-bond donors (Lipinski definition) is 3. The first-order valence-electron chi connectivity index (χ1n) is 6.93. The molecule has 0 radical (unpaired) electrons. The minimum absolute atomic E-state index is 0.219. The van der Waals surface area contributed by atoms with Gasteiger partial charge in [0, 0.05) is 6.04 Å². The third-order valence-corrected chi connectivity index (χ3v) is 3.94. The van der Waals surface area contributed by atoms with Crippen molar-refractivity contribution in [2.75, 3.05) is 10.7 Å². The highest BCUT2D eigenvalue weighted by molar-refractivity contribution is 5.38. The molecule has 1 saturated carbocycles. The van der Waals surface area contributed by atoms with Crippen molar-refractivity contribution in [3.8, 4) is 5.95 Å². The molecule has 112 valence electrons. The minimum atomic E-state index is 0.219. The first-order valence-corrected chi connectivity index (χ1v) is 6.93. The molecule has 1 unspecified atom stereocenters. The van der Waals surface area contributed by atoms with Crippen LogP contribution in [0.3, 0.4) is 0 Å². The topological polar surface area (TPSA) is 119 Å². The van der Waals surface area contributed by atoms with E-state index in [2.05, 4.69) is 49.6 Å². The van der Waals surface area contributed by atoms with E-state index < -0.39 is 0 Å². The molecule has 1 fully saturated rings. The number of nitrogens with one attached hydrogen (secondary N) is 2. The molecule has 0 saturated heterocycles. The van der Waals surface area contributed by atoms with E-state index in [1.165, 1.54) is 30.2 Å². The van der Waals surface area contributed by atoms with Gasteiger partial charge >= 0.3 is 0 Å². The molecule has 1 aliphatic rings. The van der Waals surface area contributed by atoms with Crippen LogP contribution in [0.1, 0.15) is 33.1 Å². The van der Waals surface area contributed by atoms with Gasteiger partial charge in [-0.25, -0.2) is 10.8 Å². The molecule has 3 rings (SSSR count). The van der Waals surface area contributed by atoms with Crippen LogP contribution in [-0.2, 0) is 0 Å². The second-order valence-corrected chi connectivity index (χ2v) is 5.84. The predicted molar refractivity (Wildman–Crippen MR) is 77.6 cm³/mol. The molecule has 0 bridgehead atoms. The van der Waals surface area contributed by atoms with Crippen LogP contribution in [0.2, 0.25) is 0 Å². The zero-order valence-corrected chi connectivity index (χ0v) is 12.1. The summed E-state index contributed by atoms with van der Waals surface area (Å²) in [4.78, 5) is 16.7. The van der Waals surface area contributed by atoms with E-state index in [4.69, 9.17) is 5.84 Å². The molecular weight excluding hydrogens is 270 g/mol. The third-order valence-electron chi connectivity index (χ3n) is 3.94. The van der Waals surface area contributed by atoms with Crippen LogP contribution < -0.4 is 16.6 Å².